The average Bonchev–Trinajstić information content (AvgIpc) is 1.97. The lowest BCUT2D eigenvalue weighted by molar-refractivity contribution is -0.138. The van der Waals surface area contributed by atoms with Crippen LogP contribution >= 0.6 is 12.4 Å². The topological polar surface area (TPSA) is 92.4 Å². The van der Waals surface area contributed by atoms with Crippen LogP contribution in [-0.4, -0.2) is 29.6 Å². The number of carbonyl (C=O) groups is 2. The minimum absolute atomic E-state index is 0. The molecule has 6 heteroatoms. The van der Waals surface area contributed by atoms with Crippen LogP contribution in [0.25, 0.3) is 0 Å². The normalized spacial score (nSPS) is 11.2. The molecule has 0 radical (unpaired) electrons. The molecule has 0 spiro atoms. The van der Waals surface area contributed by atoms with Crippen molar-refractivity contribution in [3.63, 3.8) is 0 Å². The van der Waals surface area contributed by atoms with Gasteiger partial charge in [-0.3, -0.25) is 9.59 Å². The van der Waals surface area contributed by atoms with Gasteiger partial charge in [0.05, 0.1) is 0 Å². The molecule has 78 valence electrons. The van der Waals surface area contributed by atoms with E-state index in [2.05, 4.69) is 5.32 Å². The summed E-state index contributed by atoms with van der Waals surface area (Å²) in [6, 6.07) is -0.821. The Bertz CT molecular complexity index is 175. The second-order valence-corrected chi connectivity index (χ2v) is 2.57. The predicted octanol–water partition coefficient (Wildman–Crippen LogP) is -0.264. The number of aliphatic carboxylic acids is 1. The molecule has 0 aromatic heterocycles. The SMILES string of the molecule is CC(=O)NCCC[C@H](N)C(=O)O.Cl. The van der Waals surface area contributed by atoms with E-state index >= 15 is 0 Å². The number of carboxylic acids is 1. The Hall–Kier alpha value is -0.810. The quantitative estimate of drug-likeness (QED) is 0.545. The van der Waals surface area contributed by atoms with Crippen LogP contribution in [-0.2, 0) is 9.59 Å². The Kier molecular flexibility index (Phi) is 8.84. The van der Waals surface area contributed by atoms with Crippen LogP contribution in [0, 0.1) is 0 Å². The molecular formula is C7H15ClN2O3. The van der Waals surface area contributed by atoms with Gasteiger partial charge in [-0.05, 0) is 12.8 Å². The molecule has 13 heavy (non-hydrogen) atoms. The van der Waals surface area contributed by atoms with E-state index in [9.17, 15) is 9.59 Å². The number of carbonyl (C=O) groups excluding carboxylic acids is 1. The van der Waals surface area contributed by atoms with E-state index in [1.54, 1.807) is 0 Å². The molecule has 0 fully saturated rings. The number of carboxylic acid groups (broad SMARTS) is 1. The minimum atomic E-state index is -1.00. The first-order valence-electron chi connectivity index (χ1n) is 3.77. The molecule has 0 heterocycles. The van der Waals surface area contributed by atoms with E-state index in [-0.39, 0.29) is 18.3 Å². The van der Waals surface area contributed by atoms with Gasteiger partial charge in [0.1, 0.15) is 6.04 Å². The van der Waals surface area contributed by atoms with Gasteiger partial charge in [0, 0.05) is 13.5 Å². The zero-order valence-electron chi connectivity index (χ0n) is 7.45. The summed E-state index contributed by atoms with van der Waals surface area (Å²) in [7, 11) is 0. The van der Waals surface area contributed by atoms with Crippen molar-refractivity contribution in [2.45, 2.75) is 25.8 Å². The van der Waals surface area contributed by atoms with E-state index in [0.29, 0.717) is 19.4 Å². The minimum Gasteiger partial charge on any atom is -0.480 e. The highest BCUT2D eigenvalue weighted by atomic mass is 35.5. The molecule has 1 atom stereocenters. The van der Waals surface area contributed by atoms with Gasteiger partial charge in [-0.2, -0.15) is 0 Å². The Morgan fingerprint density at radius 1 is 1.54 bits per heavy atom. The second kappa shape index (κ2) is 7.82. The van der Waals surface area contributed by atoms with Gasteiger partial charge in [-0.15, -0.1) is 12.4 Å². The Labute approximate surface area is 83.1 Å². The predicted molar refractivity (Wildman–Crippen MR) is 50.8 cm³/mol. The summed E-state index contributed by atoms with van der Waals surface area (Å²) in [6.45, 7) is 1.90. The van der Waals surface area contributed by atoms with Crippen LogP contribution in [0.2, 0.25) is 0 Å². The van der Waals surface area contributed by atoms with Crippen molar-refractivity contribution in [1.82, 2.24) is 5.32 Å². The van der Waals surface area contributed by atoms with Gasteiger partial charge < -0.3 is 16.2 Å². The third-order valence-electron chi connectivity index (χ3n) is 1.38. The fourth-order valence-corrected chi connectivity index (χ4v) is 0.710. The smallest absolute Gasteiger partial charge is 0.320 e. The van der Waals surface area contributed by atoms with Crippen molar-refractivity contribution in [3.8, 4) is 0 Å². The van der Waals surface area contributed by atoms with Gasteiger partial charge in [0.15, 0.2) is 0 Å². The average molecular weight is 211 g/mol. The van der Waals surface area contributed by atoms with Crippen LogP contribution in [0.1, 0.15) is 19.8 Å². The molecular weight excluding hydrogens is 196 g/mol. The molecule has 1 amide bonds. The van der Waals surface area contributed by atoms with Gasteiger partial charge in [0.25, 0.3) is 0 Å². The largest absolute Gasteiger partial charge is 0.480 e. The van der Waals surface area contributed by atoms with Crippen molar-refractivity contribution < 1.29 is 14.7 Å². The summed E-state index contributed by atoms with van der Waals surface area (Å²) in [6.07, 6.45) is 0.975. The molecule has 0 aliphatic heterocycles. The number of hydrogen-bond acceptors (Lipinski definition) is 3. The van der Waals surface area contributed by atoms with E-state index in [1.807, 2.05) is 0 Å². The number of hydrogen-bond donors (Lipinski definition) is 3. The number of halogens is 1. The van der Waals surface area contributed by atoms with E-state index in [0.717, 1.165) is 0 Å². The van der Waals surface area contributed by atoms with Gasteiger partial charge in [-0.1, -0.05) is 0 Å². The molecule has 0 aliphatic carbocycles. The van der Waals surface area contributed by atoms with Gasteiger partial charge in [0.2, 0.25) is 5.91 Å². The summed E-state index contributed by atoms with van der Waals surface area (Å²) >= 11 is 0. The maximum Gasteiger partial charge on any atom is 0.320 e. The molecule has 0 rings (SSSR count). The monoisotopic (exact) mass is 210 g/mol. The zero-order valence-corrected chi connectivity index (χ0v) is 8.26. The number of nitrogens with two attached hydrogens (primary N) is 1. The fourth-order valence-electron chi connectivity index (χ4n) is 0.710. The lowest BCUT2D eigenvalue weighted by atomic mass is 10.2. The third-order valence-corrected chi connectivity index (χ3v) is 1.38. The van der Waals surface area contributed by atoms with Crippen LogP contribution < -0.4 is 11.1 Å². The Balaban J connectivity index is 0. The third kappa shape index (κ3) is 9.10. The molecule has 4 N–H and O–H groups in total. The lowest BCUT2D eigenvalue weighted by Gasteiger charge is -2.05. The first kappa shape index (κ1) is 14.7. The summed E-state index contributed by atoms with van der Waals surface area (Å²) in [5.41, 5.74) is 5.22. The van der Waals surface area contributed by atoms with E-state index < -0.39 is 12.0 Å². The van der Waals surface area contributed by atoms with Gasteiger partial charge in [-0.25, -0.2) is 0 Å². The summed E-state index contributed by atoms with van der Waals surface area (Å²) in [5.74, 6) is -1.11. The maximum atomic E-state index is 10.4. The lowest BCUT2D eigenvalue weighted by Crippen LogP contribution is -2.31. The molecule has 0 aromatic carbocycles. The molecule has 0 bridgehead atoms. The highest BCUT2D eigenvalue weighted by Gasteiger charge is 2.09. The first-order chi connectivity index (χ1) is 5.54. The maximum absolute atomic E-state index is 10.4. The van der Waals surface area contributed by atoms with Crippen molar-refractivity contribution in [1.29, 1.82) is 0 Å². The van der Waals surface area contributed by atoms with Crippen molar-refractivity contribution in [2.24, 2.45) is 5.73 Å². The molecule has 0 saturated carbocycles. The van der Waals surface area contributed by atoms with E-state index in [4.69, 9.17) is 10.8 Å². The second-order valence-electron chi connectivity index (χ2n) is 2.57. The Morgan fingerprint density at radius 3 is 2.46 bits per heavy atom. The number of amides is 1. The van der Waals surface area contributed by atoms with Crippen molar-refractivity contribution >= 4 is 24.3 Å². The number of rotatable bonds is 5. The highest BCUT2D eigenvalue weighted by Crippen LogP contribution is 1.92. The molecule has 0 unspecified atom stereocenters. The summed E-state index contributed by atoms with van der Waals surface area (Å²) < 4.78 is 0. The van der Waals surface area contributed by atoms with Crippen LogP contribution in [0.4, 0.5) is 0 Å². The highest BCUT2D eigenvalue weighted by molar-refractivity contribution is 5.85. The summed E-state index contributed by atoms with van der Waals surface area (Å²) in [5, 5.41) is 10.9. The number of nitrogens with one attached hydrogen (secondary N) is 1. The fraction of sp³-hybridized carbons (Fsp3) is 0.714. The summed E-state index contributed by atoms with van der Waals surface area (Å²) in [4.78, 5) is 20.6. The van der Waals surface area contributed by atoms with Crippen LogP contribution in [0.5, 0.6) is 0 Å². The zero-order chi connectivity index (χ0) is 9.56. The van der Waals surface area contributed by atoms with Crippen LogP contribution in [0.3, 0.4) is 0 Å². The van der Waals surface area contributed by atoms with Crippen LogP contribution in [0.15, 0.2) is 0 Å². The van der Waals surface area contributed by atoms with Crippen molar-refractivity contribution in [3.05, 3.63) is 0 Å². The standard InChI is InChI=1S/C7H14N2O3.ClH/c1-5(10)9-4-2-3-6(8)7(11)12;/h6H,2-4,8H2,1H3,(H,9,10)(H,11,12);1H/t6-;/m0./s1. The molecule has 5 nitrogen and oxygen atoms in total. The van der Waals surface area contributed by atoms with Crippen molar-refractivity contribution in [2.75, 3.05) is 6.54 Å². The Morgan fingerprint density at radius 2 is 2.08 bits per heavy atom. The molecule has 0 aliphatic rings. The molecule has 0 aromatic rings. The molecule has 0 saturated heterocycles. The first-order valence-corrected chi connectivity index (χ1v) is 3.77. The van der Waals surface area contributed by atoms with Gasteiger partial charge >= 0.3 is 5.97 Å². The van der Waals surface area contributed by atoms with E-state index in [1.165, 1.54) is 6.92 Å².